The average Bonchev–Trinajstić information content (AvgIpc) is 2.46. The molecule has 1 saturated heterocycles. The fraction of sp³-hybridized carbons (Fsp3) is 0.889. The van der Waals surface area contributed by atoms with Gasteiger partial charge in [-0.05, 0) is 6.92 Å². The molecule has 4 nitrogen and oxygen atoms in total. The van der Waals surface area contributed by atoms with Gasteiger partial charge in [-0.3, -0.25) is 0 Å². The molecule has 0 amide bonds. The van der Waals surface area contributed by atoms with Crippen molar-refractivity contribution < 1.29 is 14.2 Å². The topological polar surface area (TPSA) is 51.5 Å². The highest BCUT2D eigenvalue weighted by Gasteiger charge is 2.36. The van der Waals surface area contributed by atoms with Crippen molar-refractivity contribution in [1.29, 1.82) is 5.26 Å². The fourth-order valence-electron chi connectivity index (χ4n) is 1.31. The zero-order chi connectivity index (χ0) is 9.73. The van der Waals surface area contributed by atoms with E-state index in [0.29, 0.717) is 26.1 Å². The Morgan fingerprint density at radius 1 is 1.69 bits per heavy atom. The molecule has 1 aliphatic rings. The first-order chi connectivity index (χ1) is 6.20. The predicted octanol–water partition coefficient (Wildman–Crippen LogP) is 1.07. The SMILES string of the molecule is COCCC1(C)OCC(CC#N)O1. The lowest BCUT2D eigenvalue weighted by Gasteiger charge is -2.22. The smallest absolute Gasteiger partial charge is 0.168 e. The molecule has 2 unspecified atom stereocenters. The monoisotopic (exact) mass is 185 g/mol. The maximum absolute atomic E-state index is 8.46. The van der Waals surface area contributed by atoms with Gasteiger partial charge in [-0.1, -0.05) is 0 Å². The molecule has 0 N–H and O–H groups in total. The van der Waals surface area contributed by atoms with E-state index >= 15 is 0 Å². The molecule has 2 atom stereocenters. The molecular formula is C9H15NO3. The Labute approximate surface area is 78.4 Å². The number of rotatable bonds is 4. The molecule has 0 aromatic rings. The molecule has 74 valence electrons. The summed E-state index contributed by atoms with van der Waals surface area (Å²) in [5.41, 5.74) is 0. The third-order valence-corrected chi connectivity index (χ3v) is 2.07. The van der Waals surface area contributed by atoms with E-state index in [-0.39, 0.29) is 6.10 Å². The molecule has 0 aromatic carbocycles. The van der Waals surface area contributed by atoms with Gasteiger partial charge in [0.1, 0.15) is 0 Å². The van der Waals surface area contributed by atoms with Crippen molar-refractivity contribution in [3.8, 4) is 6.07 Å². The largest absolute Gasteiger partial charge is 0.384 e. The Bertz CT molecular complexity index is 202. The zero-order valence-corrected chi connectivity index (χ0v) is 8.08. The zero-order valence-electron chi connectivity index (χ0n) is 8.08. The highest BCUT2D eigenvalue weighted by atomic mass is 16.7. The third-order valence-electron chi connectivity index (χ3n) is 2.07. The molecule has 1 fully saturated rings. The van der Waals surface area contributed by atoms with Gasteiger partial charge in [-0.25, -0.2) is 0 Å². The van der Waals surface area contributed by atoms with Crippen LogP contribution >= 0.6 is 0 Å². The summed E-state index contributed by atoms with van der Waals surface area (Å²) in [5.74, 6) is -0.558. The standard InChI is InChI=1S/C9H15NO3/c1-9(4-6-11-2)12-7-8(13-9)3-5-10/h8H,3-4,6-7H2,1-2H3. The van der Waals surface area contributed by atoms with Crippen LogP contribution in [0.3, 0.4) is 0 Å². The summed E-state index contributed by atoms with van der Waals surface area (Å²) in [4.78, 5) is 0. The maximum Gasteiger partial charge on any atom is 0.168 e. The van der Waals surface area contributed by atoms with E-state index < -0.39 is 5.79 Å². The first kappa shape index (κ1) is 10.5. The predicted molar refractivity (Wildman–Crippen MR) is 46.0 cm³/mol. The summed E-state index contributed by atoms with van der Waals surface area (Å²) in [6.07, 6.45) is 1.01. The molecule has 0 aliphatic carbocycles. The van der Waals surface area contributed by atoms with Gasteiger partial charge in [-0.2, -0.15) is 5.26 Å². The normalized spacial score (nSPS) is 33.2. The Hall–Kier alpha value is -0.630. The Kier molecular flexibility index (Phi) is 3.67. The number of hydrogen-bond acceptors (Lipinski definition) is 4. The average molecular weight is 185 g/mol. The van der Waals surface area contributed by atoms with Crippen LogP contribution in [0.2, 0.25) is 0 Å². The van der Waals surface area contributed by atoms with E-state index in [4.69, 9.17) is 19.5 Å². The van der Waals surface area contributed by atoms with Crippen LogP contribution in [-0.4, -0.2) is 32.2 Å². The second-order valence-electron chi connectivity index (χ2n) is 3.29. The Morgan fingerprint density at radius 2 is 2.46 bits per heavy atom. The van der Waals surface area contributed by atoms with Crippen LogP contribution in [0.4, 0.5) is 0 Å². The van der Waals surface area contributed by atoms with Gasteiger partial charge in [0.25, 0.3) is 0 Å². The van der Waals surface area contributed by atoms with Crippen LogP contribution in [0.5, 0.6) is 0 Å². The van der Waals surface area contributed by atoms with Gasteiger partial charge >= 0.3 is 0 Å². The fourth-order valence-corrected chi connectivity index (χ4v) is 1.31. The molecule has 1 aliphatic heterocycles. The van der Waals surface area contributed by atoms with Crippen LogP contribution < -0.4 is 0 Å². The highest BCUT2D eigenvalue weighted by molar-refractivity contribution is 4.82. The van der Waals surface area contributed by atoms with Gasteiger partial charge in [-0.15, -0.1) is 0 Å². The molecule has 0 bridgehead atoms. The number of nitrogens with zero attached hydrogens (tertiary/aromatic N) is 1. The number of methoxy groups -OCH3 is 1. The summed E-state index contributed by atoms with van der Waals surface area (Å²) in [5, 5.41) is 8.46. The number of nitriles is 1. The lowest BCUT2D eigenvalue weighted by Crippen LogP contribution is -2.28. The molecule has 0 spiro atoms. The summed E-state index contributed by atoms with van der Waals surface area (Å²) in [7, 11) is 1.64. The van der Waals surface area contributed by atoms with Gasteiger partial charge in [0, 0.05) is 13.5 Å². The van der Waals surface area contributed by atoms with Crippen molar-refractivity contribution in [2.45, 2.75) is 31.7 Å². The van der Waals surface area contributed by atoms with Crippen molar-refractivity contribution in [1.82, 2.24) is 0 Å². The van der Waals surface area contributed by atoms with Gasteiger partial charge < -0.3 is 14.2 Å². The van der Waals surface area contributed by atoms with Crippen LogP contribution in [-0.2, 0) is 14.2 Å². The summed E-state index contributed by atoms with van der Waals surface area (Å²) in [6, 6.07) is 2.07. The molecule has 1 rings (SSSR count). The molecule has 1 heterocycles. The van der Waals surface area contributed by atoms with Gasteiger partial charge in [0.2, 0.25) is 0 Å². The minimum atomic E-state index is -0.558. The first-order valence-electron chi connectivity index (χ1n) is 4.38. The Balaban J connectivity index is 2.33. The first-order valence-corrected chi connectivity index (χ1v) is 4.38. The summed E-state index contributed by atoms with van der Waals surface area (Å²) < 4.78 is 16.0. The van der Waals surface area contributed by atoms with E-state index in [1.807, 2.05) is 6.92 Å². The lowest BCUT2D eigenvalue weighted by molar-refractivity contribution is -0.164. The molecule has 13 heavy (non-hydrogen) atoms. The van der Waals surface area contributed by atoms with Crippen molar-refractivity contribution in [3.63, 3.8) is 0 Å². The molecule has 4 heteroatoms. The quantitative estimate of drug-likeness (QED) is 0.657. The van der Waals surface area contributed by atoms with Crippen molar-refractivity contribution in [2.75, 3.05) is 20.3 Å². The number of hydrogen-bond donors (Lipinski definition) is 0. The molecule has 0 aromatic heterocycles. The van der Waals surface area contributed by atoms with E-state index in [2.05, 4.69) is 6.07 Å². The molecule has 0 saturated carbocycles. The lowest BCUT2D eigenvalue weighted by atomic mass is 10.2. The van der Waals surface area contributed by atoms with Crippen LogP contribution in [0.25, 0.3) is 0 Å². The summed E-state index contributed by atoms with van der Waals surface area (Å²) >= 11 is 0. The van der Waals surface area contributed by atoms with E-state index in [1.54, 1.807) is 7.11 Å². The Morgan fingerprint density at radius 3 is 3.08 bits per heavy atom. The third kappa shape index (κ3) is 2.96. The van der Waals surface area contributed by atoms with Gasteiger partial charge in [0.05, 0.1) is 31.8 Å². The van der Waals surface area contributed by atoms with E-state index in [1.165, 1.54) is 0 Å². The second-order valence-corrected chi connectivity index (χ2v) is 3.29. The van der Waals surface area contributed by atoms with Crippen molar-refractivity contribution >= 4 is 0 Å². The summed E-state index contributed by atoms with van der Waals surface area (Å²) in [6.45, 7) is 2.99. The minimum absolute atomic E-state index is 0.0770. The molecule has 0 radical (unpaired) electrons. The van der Waals surface area contributed by atoms with Gasteiger partial charge in [0.15, 0.2) is 5.79 Å². The highest BCUT2D eigenvalue weighted by Crippen LogP contribution is 2.27. The number of ether oxygens (including phenoxy) is 3. The maximum atomic E-state index is 8.46. The van der Waals surface area contributed by atoms with E-state index in [9.17, 15) is 0 Å². The second kappa shape index (κ2) is 4.56. The van der Waals surface area contributed by atoms with E-state index in [0.717, 1.165) is 0 Å². The van der Waals surface area contributed by atoms with Crippen LogP contribution in [0, 0.1) is 11.3 Å². The van der Waals surface area contributed by atoms with Crippen molar-refractivity contribution in [3.05, 3.63) is 0 Å². The molecular weight excluding hydrogens is 170 g/mol. The van der Waals surface area contributed by atoms with Crippen molar-refractivity contribution in [2.24, 2.45) is 0 Å². The van der Waals surface area contributed by atoms with Crippen LogP contribution in [0.15, 0.2) is 0 Å². The minimum Gasteiger partial charge on any atom is -0.384 e. The van der Waals surface area contributed by atoms with Crippen LogP contribution in [0.1, 0.15) is 19.8 Å².